The number of benzene rings is 1. The molecule has 1 aromatic rings. The maximum absolute atomic E-state index is 12.4. The largest absolute Gasteiger partial charge is 0.573 e. The maximum Gasteiger partial charge on any atom is 0.573 e. The molecule has 0 aromatic heterocycles. The lowest BCUT2D eigenvalue weighted by molar-refractivity contribution is -0.275. The van der Waals surface area contributed by atoms with E-state index in [0.717, 1.165) is 25.9 Å². The van der Waals surface area contributed by atoms with Gasteiger partial charge in [0.05, 0.1) is 0 Å². The highest BCUT2D eigenvalue weighted by Gasteiger charge is 2.32. The number of alkyl halides is 3. The first-order chi connectivity index (χ1) is 9.46. The average Bonchev–Trinajstić information content (AvgIpc) is 2.40. The van der Waals surface area contributed by atoms with Gasteiger partial charge < -0.3 is 10.1 Å². The van der Waals surface area contributed by atoms with Gasteiger partial charge in [0.25, 0.3) is 0 Å². The summed E-state index contributed by atoms with van der Waals surface area (Å²) in [6.45, 7) is 2.33. The van der Waals surface area contributed by atoms with Gasteiger partial charge in [-0.3, -0.25) is 4.90 Å². The summed E-state index contributed by atoms with van der Waals surface area (Å²) in [5.41, 5.74) is 0.554. The van der Waals surface area contributed by atoms with E-state index in [0.29, 0.717) is 18.2 Å². The Morgan fingerprint density at radius 2 is 2.10 bits per heavy atom. The monoisotopic (exact) mass is 288 g/mol. The molecule has 112 valence electrons. The van der Waals surface area contributed by atoms with Crippen molar-refractivity contribution >= 4 is 0 Å². The van der Waals surface area contributed by atoms with Crippen LogP contribution in [0.1, 0.15) is 18.4 Å². The van der Waals surface area contributed by atoms with Gasteiger partial charge in [0.15, 0.2) is 0 Å². The molecule has 1 atom stereocenters. The number of nitrogens with zero attached hydrogens (tertiary/aromatic N) is 1. The molecule has 6 heteroatoms. The third-order valence-corrected chi connectivity index (χ3v) is 3.51. The van der Waals surface area contributed by atoms with Gasteiger partial charge in [-0.25, -0.2) is 0 Å². The Balaban J connectivity index is 2.04. The van der Waals surface area contributed by atoms with Gasteiger partial charge in [0.1, 0.15) is 5.75 Å². The van der Waals surface area contributed by atoms with Crippen molar-refractivity contribution in [1.29, 1.82) is 0 Å². The van der Waals surface area contributed by atoms with Crippen molar-refractivity contribution in [1.82, 2.24) is 10.2 Å². The summed E-state index contributed by atoms with van der Waals surface area (Å²) in [7, 11) is 1.93. The molecule has 1 fully saturated rings. The Labute approximate surface area is 116 Å². The second kappa shape index (κ2) is 6.45. The minimum absolute atomic E-state index is 0.115. The molecule has 1 N–H and O–H groups in total. The van der Waals surface area contributed by atoms with E-state index < -0.39 is 6.36 Å². The molecule has 1 heterocycles. The second-order valence-corrected chi connectivity index (χ2v) is 5.07. The standard InChI is InChI=1S/C14H19F3N2O/c1-19(12-6-4-8-18-9-12)10-11-5-2-3-7-13(11)20-14(15,16)17/h2-3,5,7,12,18H,4,6,8-10H2,1H3. The Kier molecular flexibility index (Phi) is 4.88. The fourth-order valence-electron chi connectivity index (χ4n) is 2.47. The second-order valence-electron chi connectivity index (χ2n) is 5.07. The zero-order valence-corrected chi connectivity index (χ0v) is 11.4. The summed E-state index contributed by atoms with van der Waals surface area (Å²) in [6, 6.07) is 6.66. The smallest absolute Gasteiger partial charge is 0.405 e. The van der Waals surface area contributed by atoms with Crippen LogP contribution in [0.25, 0.3) is 0 Å². The van der Waals surface area contributed by atoms with Gasteiger partial charge in [0, 0.05) is 24.7 Å². The van der Waals surface area contributed by atoms with Crippen LogP contribution < -0.4 is 10.1 Å². The van der Waals surface area contributed by atoms with E-state index in [9.17, 15) is 13.2 Å². The van der Waals surface area contributed by atoms with Crippen molar-refractivity contribution < 1.29 is 17.9 Å². The third kappa shape index (κ3) is 4.38. The van der Waals surface area contributed by atoms with Gasteiger partial charge in [-0.1, -0.05) is 18.2 Å². The number of hydrogen-bond acceptors (Lipinski definition) is 3. The number of para-hydroxylation sites is 1. The highest BCUT2D eigenvalue weighted by molar-refractivity contribution is 5.33. The van der Waals surface area contributed by atoms with Gasteiger partial charge in [0.2, 0.25) is 0 Å². The van der Waals surface area contributed by atoms with Crippen molar-refractivity contribution in [2.75, 3.05) is 20.1 Å². The molecule has 1 unspecified atom stereocenters. The SMILES string of the molecule is CN(Cc1ccccc1OC(F)(F)F)C1CCCNC1. The number of rotatable bonds is 4. The van der Waals surface area contributed by atoms with Crippen molar-refractivity contribution in [3.63, 3.8) is 0 Å². The number of halogens is 3. The van der Waals surface area contributed by atoms with Crippen LogP contribution in [0.2, 0.25) is 0 Å². The number of ether oxygens (including phenoxy) is 1. The summed E-state index contributed by atoms with van der Waals surface area (Å²) < 4.78 is 41.2. The molecule has 0 amide bonds. The minimum atomic E-state index is -4.65. The first-order valence-corrected chi connectivity index (χ1v) is 6.70. The van der Waals surface area contributed by atoms with Crippen LogP contribution in [0.5, 0.6) is 5.75 Å². The third-order valence-electron chi connectivity index (χ3n) is 3.51. The molecule has 1 aliphatic rings. The van der Waals surface area contributed by atoms with Gasteiger partial charge in [-0.2, -0.15) is 0 Å². The summed E-state index contributed by atoms with van der Waals surface area (Å²) in [6.07, 6.45) is -2.50. The lowest BCUT2D eigenvalue weighted by Crippen LogP contribution is -2.43. The topological polar surface area (TPSA) is 24.5 Å². The Hall–Kier alpha value is -1.27. The van der Waals surface area contributed by atoms with E-state index in [4.69, 9.17) is 0 Å². The Morgan fingerprint density at radius 3 is 2.75 bits per heavy atom. The average molecular weight is 288 g/mol. The summed E-state index contributed by atoms with van der Waals surface area (Å²) in [5, 5.41) is 3.30. The molecule has 20 heavy (non-hydrogen) atoms. The van der Waals surface area contributed by atoms with Crippen molar-refractivity contribution in [2.24, 2.45) is 0 Å². The van der Waals surface area contributed by atoms with Crippen LogP contribution >= 0.6 is 0 Å². The molecule has 0 spiro atoms. The molecule has 0 radical (unpaired) electrons. The molecule has 1 saturated heterocycles. The number of nitrogens with one attached hydrogen (secondary N) is 1. The van der Waals surface area contributed by atoms with E-state index in [1.807, 2.05) is 7.05 Å². The van der Waals surface area contributed by atoms with E-state index in [2.05, 4.69) is 15.0 Å². The molecule has 0 bridgehead atoms. The van der Waals surface area contributed by atoms with Crippen molar-refractivity contribution in [2.45, 2.75) is 31.8 Å². The fourth-order valence-corrected chi connectivity index (χ4v) is 2.47. The maximum atomic E-state index is 12.4. The number of piperidine rings is 1. The predicted molar refractivity (Wildman–Crippen MR) is 70.5 cm³/mol. The predicted octanol–water partition coefficient (Wildman–Crippen LogP) is 2.77. The molecular weight excluding hydrogens is 269 g/mol. The normalized spacial score (nSPS) is 20.1. The van der Waals surface area contributed by atoms with Crippen LogP contribution in [-0.4, -0.2) is 37.4 Å². The van der Waals surface area contributed by atoms with E-state index in [-0.39, 0.29) is 5.75 Å². The van der Waals surface area contributed by atoms with Gasteiger partial charge >= 0.3 is 6.36 Å². The van der Waals surface area contributed by atoms with Gasteiger partial charge in [-0.15, -0.1) is 13.2 Å². The summed E-state index contributed by atoms with van der Waals surface area (Å²) >= 11 is 0. The van der Waals surface area contributed by atoms with Crippen molar-refractivity contribution in [3.05, 3.63) is 29.8 Å². The Bertz CT molecular complexity index is 431. The fraction of sp³-hybridized carbons (Fsp3) is 0.571. The molecule has 2 rings (SSSR count). The minimum Gasteiger partial charge on any atom is -0.405 e. The first kappa shape index (κ1) is 15.1. The van der Waals surface area contributed by atoms with Crippen LogP contribution in [0.4, 0.5) is 13.2 Å². The molecule has 0 aliphatic carbocycles. The first-order valence-electron chi connectivity index (χ1n) is 6.70. The summed E-state index contributed by atoms with van der Waals surface area (Å²) in [5.74, 6) is -0.115. The van der Waals surface area contributed by atoms with Crippen LogP contribution in [-0.2, 0) is 6.54 Å². The number of likely N-dealkylation sites (N-methyl/N-ethyl adjacent to an activating group) is 1. The molecule has 1 aromatic carbocycles. The van der Waals surface area contributed by atoms with E-state index >= 15 is 0 Å². The highest BCUT2D eigenvalue weighted by Crippen LogP contribution is 2.27. The molecular formula is C14H19F3N2O. The molecule has 1 aliphatic heterocycles. The summed E-state index contributed by atoms with van der Waals surface area (Å²) in [4.78, 5) is 2.07. The zero-order chi connectivity index (χ0) is 14.6. The lowest BCUT2D eigenvalue weighted by atomic mass is 10.1. The highest BCUT2D eigenvalue weighted by atomic mass is 19.4. The van der Waals surface area contributed by atoms with Crippen LogP contribution in [0.3, 0.4) is 0 Å². The molecule has 3 nitrogen and oxygen atoms in total. The molecule has 0 saturated carbocycles. The van der Waals surface area contributed by atoms with E-state index in [1.54, 1.807) is 18.2 Å². The van der Waals surface area contributed by atoms with Crippen LogP contribution in [0, 0.1) is 0 Å². The number of hydrogen-bond donors (Lipinski definition) is 1. The lowest BCUT2D eigenvalue weighted by Gasteiger charge is -2.32. The quantitative estimate of drug-likeness (QED) is 0.922. The van der Waals surface area contributed by atoms with Crippen LogP contribution in [0.15, 0.2) is 24.3 Å². The van der Waals surface area contributed by atoms with Crippen molar-refractivity contribution in [3.8, 4) is 5.75 Å². The Morgan fingerprint density at radius 1 is 1.35 bits per heavy atom. The zero-order valence-electron chi connectivity index (χ0n) is 11.4. The van der Waals surface area contributed by atoms with Gasteiger partial charge in [-0.05, 0) is 32.5 Å². The van der Waals surface area contributed by atoms with E-state index in [1.165, 1.54) is 6.07 Å².